The minimum Gasteiger partial charge on any atom is -0.466 e. The smallest absolute Gasteiger partial charge is 0.305 e. The number of nitrogens with zero attached hydrogens (tertiary/aromatic N) is 1. The van der Waals surface area contributed by atoms with Gasteiger partial charge in [0.15, 0.2) is 6.29 Å². The molecule has 8 heteroatoms. The van der Waals surface area contributed by atoms with Crippen LogP contribution >= 0.6 is 0 Å². The number of unbranched alkanes of at least 4 members (excludes halogenated alkanes) is 12. The van der Waals surface area contributed by atoms with Crippen molar-refractivity contribution >= 4 is 5.97 Å². The molecule has 0 radical (unpaired) electrons. The predicted molar refractivity (Wildman–Crippen MR) is 190 cm³/mol. The van der Waals surface area contributed by atoms with Crippen molar-refractivity contribution in [2.75, 3.05) is 59.8 Å². The molecule has 272 valence electrons. The Bertz CT molecular complexity index is 664. The second kappa shape index (κ2) is 36.5. The molecule has 0 aliphatic carbocycles. The van der Waals surface area contributed by atoms with E-state index >= 15 is 0 Å². The van der Waals surface area contributed by atoms with Gasteiger partial charge in [-0.05, 0) is 90.1 Å². The van der Waals surface area contributed by atoms with E-state index in [0.29, 0.717) is 39.2 Å². The van der Waals surface area contributed by atoms with Gasteiger partial charge in [0.25, 0.3) is 0 Å². The molecular weight excluding hydrogens is 582 g/mol. The van der Waals surface area contributed by atoms with Crippen LogP contribution in [0.25, 0.3) is 0 Å². The van der Waals surface area contributed by atoms with E-state index in [1.54, 1.807) is 7.11 Å². The summed E-state index contributed by atoms with van der Waals surface area (Å²) in [5.41, 5.74) is 0. The summed E-state index contributed by atoms with van der Waals surface area (Å²) in [6.07, 6.45) is 28.1. The van der Waals surface area contributed by atoms with Crippen LogP contribution < -0.4 is 0 Å². The molecule has 2 N–H and O–H groups in total. The van der Waals surface area contributed by atoms with Crippen LogP contribution in [0.2, 0.25) is 0 Å². The van der Waals surface area contributed by atoms with Crippen LogP contribution in [0.4, 0.5) is 0 Å². The van der Waals surface area contributed by atoms with Gasteiger partial charge in [-0.1, -0.05) is 76.7 Å². The summed E-state index contributed by atoms with van der Waals surface area (Å²) in [5.74, 6) is -0.177. The highest BCUT2D eigenvalue weighted by Gasteiger charge is 2.14. The van der Waals surface area contributed by atoms with E-state index in [1.807, 2.05) is 0 Å². The Morgan fingerprint density at radius 1 is 0.674 bits per heavy atom. The number of carbonyl (C=O) groups is 1. The number of aliphatic hydroxyl groups excluding tert-OH is 2. The number of aliphatic hydroxyl groups is 2. The molecule has 1 atom stereocenters. The van der Waals surface area contributed by atoms with Crippen LogP contribution in [-0.2, 0) is 23.7 Å². The van der Waals surface area contributed by atoms with E-state index in [4.69, 9.17) is 18.9 Å². The molecule has 0 rings (SSSR count). The van der Waals surface area contributed by atoms with Gasteiger partial charge < -0.3 is 34.1 Å². The lowest BCUT2D eigenvalue weighted by atomic mass is 10.1. The number of ether oxygens (including phenoxy) is 4. The lowest BCUT2D eigenvalue weighted by Gasteiger charge is -2.24. The molecule has 0 fully saturated rings. The zero-order valence-corrected chi connectivity index (χ0v) is 30.1. The Kier molecular flexibility index (Phi) is 35.5. The standard InChI is InChI=1S/C38H73NO7/c1-4-6-8-10-17-24-32-45-38(46-33-25-18-11-9-7-5-2)27-26-37(42)44-31-23-19-13-15-21-29-39(34-36(41)35-40)28-20-14-12-16-22-30-43-3/h6-9,36,38,40-41H,4-5,10-35H2,1-3H3/b8-6-,9-7-. The molecule has 0 aromatic rings. The number of methoxy groups -OCH3 is 1. The number of hydrogen-bond donors (Lipinski definition) is 2. The zero-order valence-electron chi connectivity index (χ0n) is 30.1. The van der Waals surface area contributed by atoms with Crippen LogP contribution in [0.1, 0.15) is 142 Å². The first-order valence-corrected chi connectivity index (χ1v) is 18.8. The summed E-state index contributed by atoms with van der Waals surface area (Å²) in [4.78, 5) is 14.7. The average Bonchev–Trinajstić information content (AvgIpc) is 3.06. The topological polar surface area (TPSA) is 97.7 Å². The van der Waals surface area contributed by atoms with Crippen molar-refractivity contribution in [2.24, 2.45) is 0 Å². The maximum Gasteiger partial charge on any atom is 0.305 e. The largest absolute Gasteiger partial charge is 0.466 e. The zero-order chi connectivity index (χ0) is 33.8. The fourth-order valence-corrected chi connectivity index (χ4v) is 5.17. The van der Waals surface area contributed by atoms with E-state index in [0.717, 1.165) is 116 Å². The summed E-state index contributed by atoms with van der Waals surface area (Å²) in [6, 6.07) is 0. The minimum absolute atomic E-state index is 0.177. The number of allylic oxidation sites excluding steroid dienone is 4. The third-order valence-corrected chi connectivity index (χ3v) is 7.91. The maximum atomic E-state index is 12.4. The van der Waals surface area contributed by atoms with Gasteiger partial charge in [0.2, 0.25) is 0 Å². The van der Waals surface area contributed by atoms with Crippen molar-refractivity contribution < 1.29 is 34.0 Å². The normalized spacial score (nSPS) is 12.8. The number of rotatable bonds is 36. The van der Waals surface area contributed by atoms with Crippen LogP contribution in [0, 0.1) is 0 Å². The van der Waals surface area contributed by atoms with Crippen LogP contribution in [0.5, 0.6) is 0 Å². The van der Waals surface area contributed by atoms with Gasteiger partial charge in [-0.25, -0.2) is 0 Å². The van der Waals surface area contributed by atoms with Crippen LogP contribution in [0.15, 0.2) is 24.3 Å². The lowest BCUT2D eigenvalue weighted by molar-refractivity contribution is -0.159. The fraction of sp³-hybridized carbons (Fsp3) is 0.868. The quantitative estimate of drug-likeness (QED) is 0.0302. The fourth-order valence-electron chi connectivity index (χ4n) is 5.17. The molecule has 0 aliphatic heterocycles. The minimum atomic E-state index is -0.680. The van der Waals surface area contributed by atoms with E-state index in [9.17, 15) is 15.0 Å². The first-order valence-electron chi connectivity index (χ1n) is 18.8. The lowest BCUT2D eigenvalue weighted by Crippen LogP contribution is -2.35. The van der Waals surface area contributed by atoms with Crippen molar-refractivity contribution in [1.29, 1.82) is 0 Å². The Morgan fingerprint density at radius 2 is 1.17 bits per heavy atom. The molecule has 0 aromatic heterocycles. The van der Waals surface area contributed by atoms with E-state index in [-0.39, 0.29) is 18.9 Å². The monoisotopic (exact) mass is 656 g/mol. The summed E-state index contributed by atoms with van der Waals surface area (Å²) >= 11 is 0. The molecule has 0 bridgehead atoms. The van der Waals surface area contributed by atoms with Gasteiger partial charge in [0.1, 0.15) is 0 Å². The van der Waals surface area contributed by atoms with Gasteiger partial charge in [-0.15, -0.1) is 0 Å². The van der Waals surface area contributed by atoms with Crippen molar-refractivity contribution in [2.45, 2.75) is 155 Å². The molecule has 8 nitrogen and oxygen atoms in total. The molecule has 0 saturated carbocycles. The van der Waals surface area contributed by atoms with Crippen molar-refractivity contribution in [3.63, 3.8) is 0 Å². The van der Waals surface area contributed by atoms with Gasteiger partial charge >= 0.3 is 5.97 Å². The van der Waals surface area contributed by atoms with Gasteiger partial charge in [-0.3, -0.25) is 4.79 Å². The molecule has 0 saturated heterocycles. The highest BCUT2D eigenvalue weighted by molar-refractivity contribution is 5.69. The summed E-state index contributed by atoms with van der Waals surface area (Å²) in [5, 5.41) is 19.2. The molecule has 0 heterocycles. The van der Waals surface area contributed by atoms with Gasteiger partial charge in [0.05, 0.1) is 25.7 Å². The molecule has 46 heavy (non-hydrogen) atoms. The Labute approximate surface area is 283 Å². The third-order valence-electron chi connectivity index (χ3n) is 7.91. The van der Waals surface area contributed by atoms with E-state index in [1.165, 1.54) is 19.3 Å². The molecule has 0 aromatic carbocycles. The number of carbonyl (C=O) groups excluding carboxylic acids is 1. The summed E-state index contributed by atoms with van der Waals surface area (Å²) < 4.78 is 22.6. The van der Waals surface area contributed by atoms with Crippen molar-refractivity contribution in [1.82, 2.24) is 4.90 Å². The molecule has 0 spiro atoms. The Balaban J connectivity index is 4.16. The molecule has 0 amide bonds. The van der Waals surface area contributed by atoms with E-state index in [2.05, 4.69) is 43.1 Å². The van der Waals surface area contributed by atoms with Crippen molar-refractivity contribution in [3.8, 4) is 0 Å². The molecule has 1 unspecified atom stereocenters. The van der Waals surface area contributed by atoms with Crippen LogP contribution in [-0.4, -0.2) is 93.3 Å². The predicted octanol–water partition coefficient (Wildman–Crippen LogP) is 8.14. The third kappa shape index (κ3) is 32.6. The SMILES string of the molecule is CC/C=C\CCCCOC(CCC(=O)OCCCCCCCN(CCCCCCCOC)CC(O)CO)OCCCC/C=C\CC. The summed E-state index contributed by atoms with van der Waals surface area (Å²) in [7, 11) is 1.75. The number of hydrogen-bond acceptors (Lipinski definition) is 8. The Hall–Kier alpha value is -1.29. The highest BCUT2D eigenvalue weighted by Crippen LogP contribution is 2.12. The first kappa shape index (κ1) is 44.7. The first-order chi connectivity index (χ1) is 22.6. The van der Waals surface area contributed by atoms with Crippen molar-refractivity contribution in [3.05, 3.63) is 24.3 Å². The maximum absolute atomic E-state index is 12.4. The molecular formula is C38H73NO7. The second-order valence-corrected chi connectivity index (χ2v) is 12.3. The average molecular weight is 656 g/mol. The van der Waals surface area contributed by atoms with Gasteiger partial charge in [-0.2, -0.15) is 0 Å². The van der Waals surface area contributed by atoms with Crippen LogP contribution in [0.3, 0.4) is 0 Å². The molecule has 0 aliphatic rings. The van der Waals surface area contributed by atoms with E-state index < -0.39 is 6.10 Å². The second-order valence-electron chi connectivity index (χ2n) is 12.3. The summed E-state index contributed by atoms with van der Waals surface area (Å²) in [6.45, 7) is 9.11. The Morgan fingerprint density at radius 3 is 1.70 bits per heavy atom. The number of esters is 1. The van der Waals surface area contributed by atoms with Gasteiger partial charge in [0, 0.05) is 39.9 Å². The highest BCUT2D eigenvalue weighted by atomic mass is 16.7.